The second kappa shape index (κ2) is 9.82. The van der Waals surface area contributed by atoms with Crippen LogP contribution in [0.5, 0.6) is 0 Å². The minimum absolute atomic E-state index is 0. The number of carbonyl (C=O) groups excluding carboxylic acids is 1. The second-order valence-electron chi connectivity index (χ2n) is 5.03. The van der Waals surface area contributed by atoms with Gasteiger partial charge in [-0.1, -0.05) is 0 Å². The summed E-state index contributed by atoms with van der Waals surface area (Å²) in [4.78, 5) is 18.8. The van der Waals surface area contributed by atoms with Crippen molar-refractivity contribution >= 4 is 36.5 Å². The van der Waals surface area contributed by atoms with E-state index in [1.54, 1.807) is 12.3 Å². The average molecular weight is 335 g/mol. The van der Waals surface area contributed by atoms with Crippen LogP contribution in [0.1, 0.15) is 36.5 Å². The van der Waals surface area contributed by atoms with Crippen molar-refractivity contribution in [3.8, 4) is 0 Å². The van der Waals surface area contributed by atoms with Crippen LogP contribution in [0.2, 0.25) is 0 Å². The zero-order valence-electron chi connectivity index (χ0n) is 12.2. The van der Waals surface area contributed by atoms with Gasteiger partial charge in [0, 0.05) is 31.9 Å². The van der Waals surface area contributed by atoms with Gasteiger partial charge in [0.25, 0.3) is 5.91 Å². The van der Waals surface area contributed by atoms with Gasteiger partial charge in [0.05, 0.1) is 5.56 Å². The molecule has 1 amide bonds. The molecule has 2 rings (SSSR count). The number of hydrogen-bond donors (Lipinski definition) is 2. The Morgan fingerprint density at radius 2 is 2.05 bits per heavy atom. The van der Waals surface area contributed by atoms with Gasteiger partial charge in [-0.15, -0.1) is 24.8 Å². The molecule has 1 aromatic rings. The summed E-state index contributed by atoms with van der Waals surface area (Å²) in [7, 11) is 0. The predicted molar refractivity (Wildman–Crippen MR) is 90.8 cm³/mol. The zero-order valence-corrected chi connectivity index (χ0v) is 13.9. The third-order valence-electron chi connectivity index (χ3n) is 3.42. The highest BCUT2D eigenvalue weighted by atomic mass is 35.5. The van der Waals surface area contributed by atoms with E-state index in [1.807, 2.05) is 13.0 Å². The first kappa shape index (κ1) is 20.0. The van der Waals surface area contributed by atoms with E-state index in [9.17, 15) is 4.79 Å². The van der Waals surface area contributed by atoms with Crippen molar-refractivity contribution in [1.29, 1.82) is 0 Å². The van der Waals surface area contributed by atoms with Gasteiger partial charge in [-0.25, -0.2) is 4.98 Å². The van der Waals surface area contributed by atoms with Crippen molar-refractivity contribution in [3.63, 3.8) is 0 Å². The Balaban J connectivity index is 0.00000200. The van der Waals surface area contributed by atoms with Crippen LogP contribution in [-0.4, -0.2) is 36.6 Å². The molecule has 21 heavy (non-hydrogen) atoms. The first-order chi connectivity index (χ1) is 9.22. The average Bonchev–Trinajstić information content (AvgIpc) is 2.48. The van der Waals surface area contributed by atoms with Crippen molar-refractivity contribution < 1.29 is 4.79 Å². The van der Waals surface area contributed by atoms with E-state index in [0.717, 1.165) is 31.7 Å². The maximum Gasteiger partial charge on any atom is 0.255 e. The molecule has 5 nitrogen and oxygen atoms in total. The van der Waals surface area contributed by atoms with Gasteiger partial charge in [-0.3, -0.25) is 4.79 Å². The lowest BCUT2D eigenvalue weighted by atomic mass is 10.1. The number of aromatic nitrogens is 1. The van der Waals surface area contributed by atoms with Crippen molar-refractivity contribution in [2.24, 2.45) is 5.73 Å². The van der Waals surface area contributed by atoms with E-state index in [0.29, 0.717) is 12.1 Å². The van der Waals surface area contributed by atoms with Crippen LogP contribution in [0, 0.1) is 0 Å². The number of hydrogen-bond acceptors (Lipinski definition) is 4. The van der Waals surface area contributed by atoms with Crippen LogP contribution in [0.4, 0.5) is 5.82 Å². The normalized spacial score (nSPS) is 15.4. The molecule has 0 radical (unpaired) electrons. The third kappa shape index (κ3) is 5.34. The number of carbonyl (C=O) groups is 1. The minimum Gasteiger partial charge on any atom is -0.356 e. The molecule has 0 aromatic carbocycles. The van der Waals surface area contributed by atoms with E-state index in [1.165, 1.54) is 6.42 Å². The molecule has 1 atom stereocenters. The maximum absolute atomic E-state index is 12.2. The SMILES string of the molecule is C[C@@H](CN)NC(=O)c1cccnc1N1CCCCC1.Cl.Cl. The summed E-state index contributed by atoms with van der Waals surface area (Å²) >= 11 is 0. The fourth-order valence-corrected chi connectivity index (χ4v) is 2.29. The molecule has 0 aliphatic carbocycles. The molecule has 120 valence electrons. The zero-order chi connectivity index (χ0) is 13.7. The van der Waals surface area contributed by atoms with Crippen LogP contribution >= 0.6 is 24.8 Å². The first-order valence-electron chi connectivity index (χ1n) is 6.93. The maximum atomic E-state index is 12.2. The molecule has 2 heterocycles. The smallest absolute Gasteiger partial charge is 0.255 e. The molecule has 7 heteroatoms. The number of nitrogens with zero attached hydrogens (tertiary/aromatic N) is 2. The molecule has 1 saturated heterocycles. The van der Waals surface area contributed by atoms with E-state index in [-0.39, 0.29) is 36.8 Å². The highest BCUT2D eigenvalue weighted by Crippen LogP contribution is 2.21. The second-order valence-corrected chi connectivity index (χ2v) is 5.03. The lowest BCUT2D eigenvalue weighted by molar-refractivity contribution is 0.0941. The van der Waals surface area contributed by atoms with Crippen molar-refractivity contribution in [2.45, 2.75) is 32.2 Å². The summed E-state index contributed by atoms with van der Waals surface area (Å²) in [6.07, 6.45) is 5.33. The molecule has 0 saturated carbocycles. The Kier molecular flexibility index (Phi) is 9.33. The Bertz CT molecular complexity index is 439. The van der Waals surface area contributed by atoms with Crippen LogP contribution in [0.3, 0.4) is 0 Å². The lowest BCUT2D eigenvalue weighted by Gasteiger charge is -2.29. The molecular weight excluding hydrogens is 311 g/mol. The highest BCUT2D eigenvalue weighted by molar-refractivity contribution is 5.99. The Morgan fingerprint density at radius 3 is 2.67 bits per heavy atom. The predicted octanol–water partition coefficient (Wildman–Crippen LogP) is 1.99. The van der Waals surface area contributed by atoms with Gasteiger partial charge in [0.2, 0.25) is 0 Å². The summed E-state index contributed by atoms with van der Waals surface area (Å²) in [6.45, 7) is 4.29. The Hall–Kier alpha value is -1.04. The number of amides is 1. The van der Waals surface area contributed by atoms with E-state index in [2.05, 4.69) is 15.2 Å². The van der Waals surface area contributed by atoms with Crippen molar-refractivity contribution in [1.82, 2.24) is 10.3 Å². The summed E-state index contributed by atoms with van der Waals surface area (Å²) in [6, 6.07) is 3.60. The summed E-state index contributed by atoms with van der Waals surface area (Å²) < 4.78 is 0. The lowest BCUT2D eigenvalue weighted by Crippen LogP contribution is -2.39. The topological polar surface area (TPSA) is 71.2 Å². The first-order valence-corrected chi connectivity index (χ1v) is 6.93. The van der Waals surface area contributed by atoms with Crippen LogP contribution in [-0.2, 0) is 0 Å². The summed E-state index contributed by atoms with van der Waals surface area (Å²) in [5, 5.41) is 2.89. The standard InChI is InChI=1S/C14H22N4O.2ClH/c1-11(10-15)17-14(19)12-6-5-7-16-13(12)18-8-3-2-4-9-18;;/h5-7,11H,2-4,8-10,15H2,1H3,(H,17,19);2*1H/t11-;;/m0../s1. The fourth-order valence-electron chi connectivity index (χ4n) is 2.29. The Labute approximate surface area is 138 Å². The molecular formula is C14H24Cl2N4O. The number of anilines is 1. The van der Waals surface area contributed by atoms with Crippen LogP contribution in [0.25, 0.3) is 0 Å². The van der Waals surface area contributed by atoms with Gasteiger partial charge < -0.3 is 16.0 Å². The molecule has 1 fully saturated rings. The molecule has 0 unspecified atom stereocenters. The van der Waals surface area contributed by atoms with E-state index in [4.69, 9.17) is 5.73 Å². The molecule has 1 aromatic heterocycles. The van der Waals surface area contributed by atoms with E-state index >= 15 is 0 Å². The molecule has 0 bridgehead atoms. The van der Waals surface area contributed by atoms with Gasteiger partial charge in [0.1, 0.15) is 5.82 Å². The molecule has 1 aliphatic rings. The number of pyridine rings is 1. The summed E-state index contributed by atoms with van der Waals surface area (Å²) in [5.74, 6) is 0.704. The molecule has 1 aliphatic heterocycles. The fraction of sp³-hybridized carbons (Fsp3) is 0.571. The van der Waals surface area contributed by atoms with Gasteiger partial charge in [0.15, 0.2) is 0 Å². The minimum atomic E-state index is -0.0911. The monoisotopic (exact) mass is 334 g/mol. The number of halogens is 2. The Morgan fingerprint density at radius 1 is 1.38 bits per heavy atom. The quantitative estimate of drug-likeness (QED) is 0.883. The van der Waals surface area contributed by atoms with Crippen LogP contribution < -0.4 is 16.0 Å². The van der Waals surface area contributed by atoms with E-state index < -0.39 is 0 Å². The van der Waals surface area contributed by atoms with Crippen molar-refractivity contribution in [2.75, 3.05) is 24.5 Å². The molecule has 0 spiro atoms. The number of nitrogens with two attached hydrogens (primary N) is 1. The third-order valence-corrected chi connectivity index (χ3v) is 3.42. The van der Waals surface area contributed by atoms with Crippen LogP contribution in [0.15, 0.2) is 18.3 Å². The van der Waals surface area contributed by atoms with Gasteiger partial charge in [-0.2, -0.15) is 0 Å². The van der Waals surface area contributed by atoms with Crippen molar-refractivity contribution in [3.05, 3.63) is 23.9 Å². The van der Waals surface area contributed by atoms with Gasteiger partial charge >= 0.3 is 0 Å². The summed E-state index contributed by atoms with van der Waals surface area (Å²) in [5.41, 5.74) is 6.18. The largest absolute Gasteiger partial charge is 0.356 e. The number of rotatable bonds is 4. The number of piperidine rings is 1. The van der Waals surface area contributed by atoms with Gasteiger partial charge in [-0.05, 0) is 38.3 Å². The molecule has 3 N–H and O–H groups in total. The number of nitrogens with one attached hydrogen (secondary N) is 1. The highest BCUT2D eigenvalue weighted by Gasteiger charge is 2.20.